The Kier molecular flexibility index (Phi) is 4.71. The van der Waals surface area contributed by atoms with E-state index in [4.69, 9.17) is 11.6 Å². The lowest BCUT2D eigenvalue weighted by Crippen LogP contribution is -2.28. The summed E-state index contributed by atoms with van der Waals surface area (Å²) < 4.78 is 13.0. The van der Waals surface area contributed by atoms with Gasteiger partial charge in [0.15, 0.2) is 0 Å². The maximum atomic E-state index is 13.0. The van der Waals surface area contributed by atoms with Gasteiger partial charge in [-0.2, -0.15) is 0 Å². The zero-order valence-electron chi connectivity index (χ0n) is 10.5. The van der Waals surface area contributed by atoms with Gasteiger partial charge in [-0.1, -0.05) is 48.0 Å². The number of hydrogen-bond donors (Lipinski definition) is 2. The minimum atomic E-state index is -0.968. The second-order valence-corrected chi connectivity index (χ2v) is 4.72. The van der Waals surface area contributed by atoms with Crippen LogP contribution in [0.1, 0.15) is 17.2 Å². The van der Waals surface area contributed by atoms with Gasteiger partial charge >= 0.3 is 5.97 Å². The van der Waals surface area contributed by atoms with Crippen LogP contribution in [0.3, 0.4) is 0 Å². The zero-order valence-corrected chi connectivity index (χ0v) is 11.3. The van der Waals surface area contributed by atoms with Crippen LogP contribution in [0.25, 0.3) is 0 Å². The highest BCUT2D eigenvalue weighted by Gasteiger charge is 2.18. The van der Waals surface area contributed by atoms with Gasteiger partial charge in [0, 0.05) is 6.54 Å². The minimum Gasteiger partial charge on any atom is -0.480 e. The average molecular weight is 294 g/mol. The van der Waals surface area contributed by atoms with Crippen LogP contribution in [0.2, 0.25) is 5.02 Å². The van der Waals surface area contributed by atoms with Gasteiger partial charge in [0.1, 0.15) is 11.9 Å². The first-order valence-corrected chi connectivity index (χ1v) is 6.41. The highest BCUT2D eigenvalue weighted by Crippen LogP contribution is 2.18. The highest BCUT2D eigenvalue weighted by molar-refractivity contribution is 6.30. The van der Waals surface area contributed by atoms with Crippen molar-refractivity contribution >= 4 is 17.6 Å². The van der Waals surface area contributed by atoms with Crippen molar-refractivity contribution in [3.8, 4) is 0 Å². The summed E-state index contributed by atoms with van der Waals surface area (Å²) in [5.41, 5.74) is 1.38. The number of halogens is 2. The van der Waals surface area contributed by atoms with E-state index in [1.807, 2.05) is 6.07 Å². The summed E-state index contributed by atoms with van der Waals surface area (Å²) in [4.78, 5) is 11.3. The molecule has 1 atom stereocenters. The molecule has 0 amide bonds. The van der Waals surface area contributed by atoms with Crippen molar-refractivity contribution in [2.24, 2.45) is 0 Å². The summed E-state index contributed by atoms with van der Waals surface area (Å²) in [5.74, 6) is -1.46. The van der Waals surface area contributed by atoms with Crippen molar-refractivity contribution in [2.75, 3.05) is 0 Å². The molecule has 0 saturated carbocycles. The summed E-state index contributed by atoms with van der Waals surface area (Å²) in [6, 6.07) is 12.3. The molecule has 1 unspecified atom stereocenters. The van der Waals surface area contributed by atoms with Crippen molar-refractivity contribution in [1.82, 2.24) is 5.32 Å². The van der Waals surface area contributed by atoms with Crippen molar-refractivity contribution < 1.29 is 14.3 Å². The molecule has 20 heavy (non-hydrogen) atoms. The van der Waals surface area contributed by atoms with Gasteiger partial charge in [-0.05, 0) is 23.3 Å². The Morgan fingerprint density at radius 1 is 1.25 bits per heavy atom. The molecule has 0 bridgehead atoms. The van der Waals surface area contributed by atoms with Crippen LogP contribution in [-0.2, 0) is 11.3 Å². The van der Waals surface area contributed by atoms with Gasteiger partial charge < -0.3 is 5.11 Å². The lowest BCUT2D eigenvalue weighted by atomic mass is 10.1. The fourth-order valence-electron chi connectivity index (χ4n) is 1.86. The molecule has 104 valence electrons. The molecule has 0 aliphatic heterocycles. The van der Waals surface area contributed by atoms with Gasteiger partial charge in [0.2, 0.25) is 0 Å². The molecule has 2 rings (SSSR count). The minimum absolute atomic E-state index is 0.0240. The summed E-state index contributed by atoms with van der Waals surface area (Å²) in [6.07, 6.45) is 0. The Balaban J connectivity index is 2.10. The molecule has 0 saturated heterocycles. The Morgan fingerprint density at radius 3 is 2.55 bits per heavy atom. The SMILES string of the molecule is O=C(O)C(NCc1ccc(F)c(Cl)c1)c1ccccc1. The molecule has 0 aliphatic rings. The fraction of sp³-hybridized carbons (Fsp3) is 0.133. The third-order valence-electron chi connectivity index (χ3n) is 2.87. The maximum Gasteiger partial charge on any atom is 0.325 e. The lowest BCUT2D eigenvalue weighted by molar-refractivity contribution is -0.139. The molecule has 0 spiro atoms. The van der Waals surface area contributed by atoms with Gasteiger partial charge in [0.05, 0.1) is 5.02 Å². The number of rotatable bonds is 5. The second kappa shape index (κ2) is 6.50. The smallest absolute Gasteiger partial charge is 0.325 e. The summed E-state index contributed by atoms with van der Waals surface area (Å²) >= 11 is 5.69. The molecule has 2 aromatic carbocycles. The normalized spacial score (nSPS) is 12.1. The predicted molar refractivity (Wildman–Crippen MR) is 75.1 cm³/mol. The van der Waals surface area contributed by atoms with E-state index in [-0.39, 0.29) is 11.6 Å². The topological polar surface area (TPSA) is 49.3 Å². The number of carboxylic acid groups (broad SMARTS) is 1. The molecule has 0 aromatic heterocycles. The van der Waals surface area contributed by atoms with E-state index in [0.29, 0.717) is 5.56 Å². The van der Waals surface area contributed by atoms with E-state index in [2.05, 4.69) is 5.32 Å². The highest BCUT2D eigenvalue weighted by atomic mass is 35.5. The Morgan fingerprint density at radius 2 is 1.95 bits per heavy atom. The molecule has 2 N–H and O–H groups in total. The van der Waals surface area contributed by atoms with E-state index in [1.54, 1.807) is 30.3 Å². The first-order valence-electron chi connectivity index (χ1n) is 6.03. The van der Waals surface area contributed by atoms with E-state index < -0.39 is 17.8 Å². The molecule has 0 fully saturated rings. The van der Waals surface area contributed by atoms with E-state index in [9.17, 15) is 14.3 Å². The van der Waals surface area contributed by atoms with Gasteiger partial charge in [-0.25, -0.2) is 4.39 Å². The Bertz CT molecular complexity index is 604. The largest absolute Gasteiger partial charge is 0.480 e. The van der Waals surface area contributed by atoms with Crippen molar-refractivity contribution in [2.45, 2.75) is 12.6 Å². The Hall–Kier alpha value is -1.91. The number of benzene rings is 2. The van der Waals surface area contributed by atoms with Gasteiger partial charge in [-0.15, -0.1) is 0 Å². The number of hydrogen-bond acceptors (Lipinski definition) is 2. The zero-order chi connectivity index (χ0) is 14.5. The summed E-state index contributed by atoms with van der Waals surface area (Å²) in [6.45, 7) is 0.284. The van der Waals surface area contributed by atoms with Crippen LogP contribution in [0.5, 0.6) is 0 Å². The molecule has 3 nitrogen and oxygen atoms in total. The van der Waals surface area contributed by atoms with E-state index in [1.165, 1.54) is 12.1 Å². The lowest BCUT2D eigenvalue weighted by Gasteiger charge is -2.15. The van der Waals surface area contributed by atoms with Gasteiger partial charge in [0.25, 0.3) is 0 Å². The van der Waals surface area contributed by atoms with Crippen LogP contribution >= 0.6 is 11.6 Å². The van der Waals surface area contributed by atoms with Crippen molar-refractivity contribution in [1.29, 1.82) is 0 Å². The maximum absolute atomic E-state index is 13.0. The first kappa shape index (κ1) is 14.5. The molecule has 2 aromatic rings. The van der Waals surface area contributed by atoms with Crippen LogP contribution in [0.15, 0.2) is 48.5 Å². The van der Waals surface area contributed by atoms with E-state index in [0.717, 1.165) is 5.56 Å². The first-order chi connectivity index (χ1) is 9.58. The quantitative estimate of drug-likeness (QED) is 0.888. The summed E-state index contributed by atoms with van der Waals surface area (Å²) in [7, 11) is 0. The molecule has 5 heteroatoms. The monoisotopic (exact) mass is 293 g/mol. The van der Waals surface area contributed by atoms with Crippen molar-refractivity contribution in [3.05, 3.63) is 70.5 Å². The second-order valence-electron chi connectivity index (χ2n) is 4.31. The van der Waals surface area contributed by atoms with Crippen LogP contribution in [0, 0.1) is 5.82 Å². The van der Waals surface area contributed by atoms with Gasteiger partial charge in [-0.3, -0.25) is 10.1 Å². The fourth-order valence-corrected chi connectivity index (χ4v) is 2.07. The van der Waals surface area contributed by atoms with Crippen LogP contribution in [-0.4, -0.2) is 11.1 Å². The molecule has 0 aliphatic carbocycles. The van der Waals surface area contributed by atoms with Crippen LogP contribution < -0.4 is 5.32 Å². The average Bonchev–Trinajstić information content (AvgIpc) is 2.44. The predicted octanol–water partition coefficient (Wildman–Crippen LogP) is 3.39. The molecular formula is C15H13ClFNO2. The van der Waals surface area contributed by atoms with Crippen LogP contribution in [0.4, 0.5) is 4.39 Å². The Labute approximate surface area is 121 Å². The standard InChI is InChI=1S/C15H13ClFNO2/c16-12-8-10(6-7-13(12)17)9-18-14(15(19)20)11-4-2-1-3-5-11/h1-8,14,18H,9H2,(H,19,20). The molecular weight excluding hydrogens is 281 g/mol. The molecule has 0 heterocycles. The summed E-state index contributed by atoms with van der Waals surface area (Å²) in [5, 5.41) is 12.2. The number of nitrogens with one attached hydrogen (secondary N) is 1. The third-order valence-corrected chi connectivity index (χ3v) is 3.16. The van der Waals surface area contributed by atoms with Crippen molar-refractivity contribution in [3.63, 3.8) is 0 Å². The molecule has 0 radical (unpaired) electrons. The third kappa shape index (κ3) is 3.56. The van der Waals surface area contributed by atoms with E-state index >= 15 is 0 Å². The number of carbonyl (C=O) groups is 1. The number of aliphatic carboxylic acids is 1. The number of carboxylic acids is 1.